The summed E-state index contributed by atoms with van der Waals surface area (Å²) in [6.45, 7) is 1.69. The molecule has 2 fully saturated rings. The van der Waals surface area contributed by atoms with Crippen LogP contribution in [-0.2, 0) is 14.3 Å². The second-order valence-corrected chi connectivity index (χ2v) is 5.40. The zero-order chi connectivity index (χ0) is 13.8. The summed E-state index contributed by atoms with van der Waals surface area (Å²) >= 11 is 0. The van der Waals surface area contributed by atoms with Crippen LogP contribution >= 0.6 is 0 Å². The van der Waals surface area contributed by atoms with E-state index in [1.165, 1.54) is 12.8 Å². The average molecular weight is 270 g/mol. The molecule has 0 saturated carbocycles. The quantitative estimate of drug-likeness (QED) is 0.764. The summed E-state index contributed by atoms with van der Waals surface area (Å²) in [5.74, 6) is -1.16. The molecule has 0 aromatic heterocycles. The molecule has 0 aliphatic carbocycles. The number of likely N-dealkylation sites (tertiary alicyclic amines) is 1. The molecule has 0 bridgehead atoms. The number of carboxylic acid groups (broad SMARTS) is 1. The highest BCUT2D eigenvalue weighted by atomic mass is 16.5. The van der Waals surface area contributed by atoms with Crippen molar-refractivity contribution in [3.63, 3.8) is 0 Å². The molecule has 1 amide bonds. The molecule has 0 radical (unpaired) electrons. The minimum absolute atomic E-state index is 0.178. The first-order valence-electron chi connectivity index (χ1n) is 6.94. The summed E-state index contributed by atoms with van der Waals surface area (Å²) < 4.78 is 5.23. The molecule has 2 heterocycles. The number of carbonyl (C=O) groups excluding carboxylic acids is 1. The lowest BCUT2D eigenvalue weighted by atomic mass is 10.0. The van der Waals surface area contributed by atoms with Gasteiger partial charge in [0.05, 0.1) is 0 Å². The number of hydrogen-bond donors (Lipinski definition) is 2. The van der Waals surface area contributed by atoms with Gasteiger partial charge in [-0.05, 0) is 39.3 Å². The largest absolute Gasteiger partial charge is 0.479 e. The second kappa shape index (κ2) is 6.34. The number of likely N-dealkylation sites (N-methyl/N-ethyl adjacent to an activating group) is 1. The van der Waals surface area contributed by atoms with E-state index in [1.54, 1.807) is 0 Å². The van der Waals surface area contributed by atoms with Crippen LogP contribution in [0.15, 0.2) is 0 Å². The van der Waals surface area contributed by atoms with Gasteiger partial charge in [-0.2, -0.15) is 0 Å². The van der Waals surface area contributed by atoms with Gasteiger partial charge in [0, 0.05) is 12.6 Å². The van der Waals surface area contributed by atoms with Gasteiger partial charge in [-0.25, -0.2) is 4.79 Å². The summed E-state index contributed by atoms with van der Waals surface area (Å²) in [6.07, 6.45) is 2.99. The van der Waals surface area contributed by atoms with Crippen molar-refractivity contribution in [3.8, 4) is 0 Å². The van der Waals surface area contributed by atoms with E-state index >= 15 is 0 Å². The summed E-state index contributed by atoms with van der Waals surface area (Å²) in [5.41, 5.74) is 0. The van der Waals surface area contributed by atoms with Gasteiger partial charge >= 0.3 is 5.97 Å². The Morgan fingerprint density at radius 2 is 2.00 bits per heavy atom. The van der Waals surface area contributed by atoms with Crippen molar-refractivity contribution in [2.45, 2.75) is 50.4 Å². The molecular weight excluding hydrogens is 248 g/mol. The minimum atomic E-state index is -0.984. The molecule has 0 aromatic rings. The standard InChI is InChI=1S/C13H22N2O4/c1-15-7-3-2-4-9(15)8-14-12(16)10-5-6-11(19-10)13(17)18/h9-11H,2-8H2,1H3,(H,14,16)(H,17,18). The molecule has 3 atom stereocenters. The lowest BCUT2D eigenvalue weighted by molar-refractivity contribution is -0.151. The van der Waals surface area contributed by atoms with Crippen molar-refractivity contribution in [3.05, 3.63) is 0 Å². The van der Waals surface area contributed by atoms with Gasteiger partial charge in [0.15, 0.2) is 6.10 Å². The first-order valence-corrected chi connectivity index (χ1v) is 6.94. The number of carboxylic acids is 1. The zero-order valence-electron chi connectivity index (χ0n) is 11.3. The van der Waals surface area contributed by atoms with E-state index in [9.17, 15) is 9.59 Å². The molecule has 2 saturated heterocycles. The highest BCUT2D eigenvalue weighted by molar-refractivity contribution is 5.82. The number of rotatable bonds is 4. The molecule has 0 aromatic carbocycles. The van der Waals surface area contributed by atoms with Gasteiger partial charge < -0.3 is 20.1 Å². The molecular formula is C13H22N2O4. The summed E-state index contributed by atoms with van der Waals surface area (Å²) in [5, 5.41) is 11.7. The maximum atomic E-state index is 11.9. The van der Waals surface area contributed by atoms with E-state index in [1.807, 2.05) is 0 Å². The molecule has 19 heavy (non-hydrogen) atoms. The highest BCUT2D eigenvalue weighted by Crippen LogP contribution is 2.20. The van der Waals surface area contributed by atoms with Gasteiger partial charge in [0.1, 0.15) is 6.10 Å². The number of ether oxygens (including phenoxy) is 1. The number of hydrogen-bond acceptors (Lipinski definition) is 4. The van der Waals surface area contributed by atoms with E-state index in [0.717, 1.165) is 13.0 Å². The van der Waals surface area contributed by atoms with Gasteiger partial charge in [-0.1, -0.05) is 6.42 Å². The first kappa shape index (κ1) is 14.3. The van der Waals surface area contributed by atoms with E-state index in [-0.39, 0.29) is 5.91 Å². The molecule has 2 aliphatic rings. The number of amides is 1. The predicted molar refractivity (Wildman–Crippen MR) is 68.8 cm³/mol. The van der Waals surface area contributed by atoms with Crippen molar-refractivity contribution in [1.29, 1.82) is 0 Å². The van der Waals surface area contributed by atoms with Crippen LogP contribution in [0, 0.1) is 0 Å². The Bertz CT molecular complexity index is 348. The Kier molecular flexibility index (Phi) is 4.76. The first-order chi connectivity index (χ1) is 9.08. The third kappa shape index (κ3) is 3.67. The Morgan fingerprint density at radius 1 is 1.26 bits per heavy atom. The van der Waals surface area contributed by atoms with Crippen LogP contribution in [0.25, 0.3) is 0 Å². The lowest BCUT2D eigenvalue weighted by Gasteiger charge is -2.32. The monoisotopic (exact) mass is 270 g/mol. The maximum absolute atomic E-state index is 11.9. The maximum Gasteiger partial charge on any atom is 0.332 e. The predicted octanol–water partition coefficient (Wildman–Crippen LogP) is 0.219. The lowest BCUT2D eigenvalue weighted by Crippen LogP contribution is -2.46. The fourth-order valence-corrected chi connectivity index (χ4v) is 2.75. The number of nitrogens with zero attached hydrogens (tertiary/aromatic N) is 1. The smallest absolute Gasteiger partial charge is 0.332 e. The van der Waals surface area contributed by atoms with Crippen LogP contribution in [0.3, 0.4) is 0 Å². The number of carbonyl (C=O) groups is 2. The minimum Gasteiger partial charge on any atom is -0.479 e. The summed E-state index contributed by atoms with van der Waals surface area (Å²) in [6, 6.07) is 0.384. The molecule has 2 aliphatic heterocycles. The fraction of sp³-hybridized carbons (Fsp3) is 0.846. The molecule has 6 nitrogen and oxygen atoms in total. The fourth-order valence-electron chi connectivity index (χ4n) is 2.75. The molecule has 108 valence electrons. The molecule has 2 rings (SSSR count). The van der Waals surface area contributed by atoms with E-state index in [2.05, 4.69) is 17.3 Å². The molecule has 6 heteroatoms. The van der Waals surface area contributed by atoms with Gasteiger partial charge in [-0.3, -0.25) is 4.79 Å². The summed E-state index contributed by atoms with van der Waals surface area (Å²) in [7, 11) is 2.07. The van der Waals surface area contributed by atoms with Crippen LogP contribution in [-0.4, -0.2) is 60.3 Å². The number of aliphatic carboxylic acids is 1. The van der Waals surface area contributed by atoms with Crippen LogP contribution in [0.2, 0.25) is 0 Å². The van der Waals surface area contributed by atoms with Crippen molar-refractivity contribution in [1.82, 2.24) is 10.2 Å². The Labute approximate surface area is 113 Å². The normalized spacial score (nSPS) is 32.2. The van der Waals surface area contributed by atoms with Crippen LogP contribution in [0.5, 0.6) is 0 Å². The highest BCUT2D eigenvalue weighted by Gasteiger charge is 2.34. The van der Waals surface area contributed by atoms with E-state index < -0.39 is 18.2 Å². The molecule has 2 N–H and O–H groups in total. The Morgan fingerprint density at radius 3 is 2.63 bits per heavy atom. The molecule has 0 spiro atoms. The van der Waals surface area contributed by atoms with Gasteiger partial charge in [0.25, 0.3) is 0 Å². The van der Waals surface area contributed by atoms with Gasteiger partial charge in [-0.15, -0.1) is 0 Å². The number of piperidine rings is 1. The Balaban J connectivity index is 1.74. The van der Waals surface area contributed by atoms with Crippen LogP contribution < -0.4 is 5.32 Å². The third-order valence-electron chi connectivity index (χ3n) is 4.02. The van der Waals surface area contributed by atoms with Crippen molar-refractivity contribution in [2.24, 2.45) is 0 Å². The van der Waals surface area contributed by atoms with Gasteiger partial charge in [0.2, 0.25) is 5.91 Å². The van der Waals surface area contributed by atoms with E-state index in [4.69, 9.17) is 9.84 Å². The van der Waals surface area contributed by atoms with Crippen LogP contribution in [0.1, 0.15) is 32.1 Å². The van der Waals surface area contributed by atoms with Crippen molar-refractivity contribution in [2.75, 3.05) is 20.1 Å². The SMILES string of the molecule is CN1CCCCC1CNC(=O)C1CCC(C(=O)O)O1. The topological polar surface area (TPSA) is 78.9 Å². The van der Waals surface area contributed by atoms with Crippen molar-refractivity contribution < 1.29 is 19.4 Å². The van der Waals surface area contributed by atoms with Crippen LogP contribution in [0.4, 0.5) is 0 Å². The second-order valence-electron chi connectivity index (χ2n) is 5.40. The summed E-state index contributed by atoms with van der Waals surface area (Å²) in [4.78, 5) is 24.9. The van der Waals surface area contributed by atoms with E-state index in [0.29, 0.717) is 25.4 Å². The number of nitrogens with one attached hydrogen (secondary N) is 1. The third-order valence-corrected chi connectivity index (χ3v) is 4.02. The van der Waals surface area contributed by atoms with Crippen molar-refractivity contribution >= 4 is 11.9 Å². The Hall–Kier alpha value is -1.14. The molecule has 3 unspecified atom stereocenters. The zero-order valence-corrected chi connectivity index (χ0v) is 11.3. The average Bonchev–Trinajstić information content (AvgIpc) is 2.87.